The normalized spacial score (nSPS) is 12.9. The Bertz CT molecular complexity index is 717. The molecule has 0 fully saturated rings. The fraction of sp³-hybridized carbons (Fsp3) is 0.143. The molecule has 0 spiro atoms. The summed E-state index contributed by atoms with van der Waals surface area (Å²) >= 11 is 6.13. The lowest BCUT2D eigenvalue weighted by atomic mass is 10.1. The minimum Gasteiger partial charge on any atom is -0.378 e. The van der Waals surface area contributed by atoms with Crippen molar-refractivity contribution in [2.24, 2.45) is 5.14 Å². The van der Waals surface area contributed by atoms with Crippen molar-refractivity contribution in [3.05, 3.63) is 59.1 Å². The maximum atomic E-state index is 11.3. The summed E-state index contributed by atoms with van der Waals surface area (Å²) in [6.07, 6.45) is 0. The Morgan fingerprint density at radius 3 is 2.50 bits per heavy atom. The van der Waals surface area contributed by atoms with Gasteiger partial charge < -0.3 is 5.32 Å². The summed E-state index contributed by atoms with van der Waals surface area (Å²) in [4.78, 5) is 0.0776. The number of primary sulfonamides is 1. The fourth-order valence-corrected chi connectivity index (χ4v) is 2.78. The smallest absolute Gasteiger partial charge is 0.238 e. The van der Waals surface area contributed by atoms with Gasteiger partial charge in [-0.25, -0.2) is 13.6 Å². The third-order valence-corrected chi connectivity index (χ3v) is 4.17. The van der Waals surface area contributed by atoms with Crippen LogP contribution >= 0.6 is 11.6 Å². The Hall–Kier alpha value is -1.56. The lowest BCUT2D eigenvalue weighted by Gasteiger charge is -2.17. The van der Waals surface area contributed by atoms with Gasteiger partial charge in [0.25, 0.3) is 0 Å². The highest BCUT2D eigenvalue weighted by Crippen LogP contribution is 2.26. The van der Waals surface area contributed by atoms with Crippen LogP contribution in [0.25, 0.3) is 0 Å². The summed E-state index contributed by atoms with van der Waals surface area (Å²) in [6, 6.07) is 13.8. The summed E-state index contributed by atoms with van der Waals surface area (Å²) in [5, 5.41) is 8.98. The van der Waals surface area contributed by atoms with Gasteiger partial charge in [0, 0.05) is 16.8 Å². The second-order valence-corrected chi connectivity index (χ2v) is 6.43. The van der Waals surface area contributed by atoms with Gasteiger partial charge in [-0.05, 0) is 36.8 Å². The van der Waals surface area contributed by atoms with Gasteiger partial charge in [0.2, 0.25) is 10.0 Å². The molecule has 1 unspecified atom stereocenters. The van der Waals surface area contributed by atoms with Crippen molar-refractivity contribution in [1.82, 2.24) is 0 Å². The molecule has 1 atom stereocenters. The number of hydrogen-bond acceptors (Lipinski definition) is 3. The van der Waals surface area contributed by atoms with E-state index in [0.29, 0.717) is 10.7 Å². The van der Waals surface area contributed by atoms with Crippen molar-refractivity contribution in [2.45, 2.75) is 17.9 Å². The van der Waals surface area contributed by atoms with Crippen LogP contribution in [0.4, 0.5) is 5.69 Å². The SMILES string of the molecule is CC(Nc1cccc(S(N)(=O)=O)c1)c1ccccc1Cl. The monoisotopic (exact) mass is 310 g/mol. The third-order valence-electron chi connectivity index (χ3n) is 2.92. The average molecular weight is 311 g/mol. The minimum atomic E-state index is -3.70. The van der Waals surface area contributed by atoms with Crippen LogP contribution in [0.15, 0.2) is 53.4 Å². The van der Waals surface area contributed by atoms with E-state index < -0.39 is 10.0 Å². The molecule has 0 heterocycles. The lowest BCUT2D eigenvalue weighted by molar-refractivity contribution is 0.598. The van der Waals surface area contributed by atoms with Crippen molar-refractivity contribution in [3.8, 4) is 0 Å². The number of halogens is 1. The van der Waals surface area contributed by atoms with E-state index in [-0.39, 0.29) is 10.9 Å². The molecule has 2 aromatic rings. The number of rotatable bonds is 4. The number of nitrogens with two attached hydrogens (primary N) is 1. The van der Waals surface area contributed by atoms with E-state index >= 15 is 0 Å². The Morgan fingerprint density at radius 2 is 1.85 bits per heavy atom. The van der Waals surface area contributed by atoms with E-state index in [1.165, 1.54) is 12.1 Å². The Morgan fingerprint density at radius 1 is 1.15 bits per heavy atom. The molecule has 0 aliphatic heterocycles. The van der Waals surface area contributed by atoms with Crippen LogP contribution in [0, 0.1) is 0 Å². The molecule has 2 aromatic carbocycles. The van der Waals surface area contributed by atoms with Gasteiger partial charge in [-0.15, -0.1) is 0 Å². The first-order valence-electron chi connectivity index (χ1n) is 6.02. The largest absolute Gasteiger partial charge is 0.378 e. The second kappa shape index (κ2) is 5.83. The predicted molar refractivity (Wildman–Crippen MR) is 81.3 cm³/mol. The number of anilines is 1. The summed E-state index contributed by atoms with van der Waals surface area (Å²) in [5.41, 5.74) is 1.61. The molecule has 0 aliphatic rings. The first kappa shape index (κ1) is 14.8. The van der Waals surface area contributed by atoms with E-state index in [4.69, 9.17) is 16.7 Å². The molecule has 0 saturated carbocycles. The van der Waals surface area contributed by atoms with E-state index in [1.54, 1.807) is 12.1 Å². The highest BCUT2D eigenvalue weighted by molar-refractivity contribution is 7.89. The van der Waals surface area contributed by atoms with Crippen LogP contribution in [0.1, 0.15) is 18.5 Å². The van der Waals surface area contributed by atoms with Crippen molar-refractivity contribution < 1.29 is 8.42 Å². The highest BCUT2D eigenvalue weighted by Gasteiger charge is 2.11. The van der Waals surface area contributed by atoms with Crippen molar-refractivity contribution >= 4 is 27.3 Å². The molecule has 3 N–H and O–H groups in total. The molecule has 0 bridgehead atoms. The summed E-state index contributed by atoms with van der Waals surface area (Å²) in [5.74, 6) is 0. The zero-order valence-electron chi connectivity index (χ0n) is 10.9. The molecule has 20 heavy (non-hydrogen) atoms. The third kappa shape index (κ3) is 3.50. The average Bonchev–Trinajstić information content (AvgIpc) is 2.38. The number of hydrogen-bond donors (Lipinski definition) is 2. The van der Waals surface area contributed by atoms with Gasteiger partial charge in [0.15, 0.2) is 0 Å². The quantitative estimate of drug-likeness (QED) is 0.911. The van der Waals surface area contributed by atoms with Crippen LogP contribution in [0.2, 0.25) is 5.02 Å². The van der Waals surface area contributed by atoms with Crippen LogP contribution < -0.4 is 10.5 Å². The van der Waals surface area contributed by atoms with Crippen molar-refractivity contribution in [3.63, 3.8) is 0 Å². The Labute approximate surface area is 123 Å². The fourth-order valence-electron chi connectivity index (χ4n) is 1.92. The predicted octanol–water partition coefficient (Wildman–Crippen LogP) is 3.16. The standard InChI is InChI=1S/C14H15ClN2O2S/c1-10(13-7-2-3-8-14(13)15)17-11-5-4-6-12(9-11)20(16,18)19/h2-10,17H,1H3,(H2,16,18,19). The number of sulfonamides is 1. The van der Waals surface area contributed by atoms with Crippen LogP contribution in [-0.2, 0) is 10.0 Å². The van der Waals surface area contributed by atoms with Gasteiger partial charge in [-0.3, -0.25) is 0 Å². The van der Waals surface area contributed by atoms with Crippen LogP contribution in [0.3, 0.4) is 0 Å². The van der Waals surface area contributed by atoms with Gasteiger partial charge in [-0.2, -0.15) is 0 Å². The molecule has 2 rings (SSSR count). The number of benzene rings is 2. The maximum Gasteiger partial charge on any atom is 0.238 e. The molecule has 0 amide bonds. The van der Waals surface area contributed by atoms with E-state index in [0.717, 1.165) is 5.56 Å². The molecular weight excluding hydrogens is 296 g/mol. The Balaban J connectivity index is 2.25. The van der Waals surface area contributed by atoms with Crippen LogP contribution in [0.5, 0.6) is 0 Å². The molecule has 0 saturated heterocycles. The van der Waals surface area contributed by atoms with Crippen molar-refractivity contribution in [1.29, 1.82) is 0 Å². The molecule has 106 valence electrons. The van der Waals surface area contributed by atoms with Crippen molar-refractivity contribution in [2.75, 3.05) is 5.32 Å². The minimum absolute atomic E-state index is 0.0561. The summed E-state index contributed by atoms with van der Waals surface area (Å²) < 4.78 is 22.6. The molecule has 4 nitrogen and oxygen atoms in total. The van der Waals surface area contributed by atoms with Gasteiger partial charge >= 0.3 is 0 Å². The van der Waals surface area contributed by atoms with Gasteiger partial charge in [-0.1, -0.05) is 35.9 Å². The lowest BCUT2D eigenvalue weighted by Crippen LogP contribution is -2.13. The van der Waals surface area contributed by atoms with E-state index in [1.807, 2.05) is 31.2 Å². The zero-order valence-corrected chi connectivity index (χ0v) is 12.4. The molecule has 0 radical (unpaired) electrons. The Kier molecular flexibility index (Phi) is 4.32. The molecule has 0 aliphatic carbocycles. The van der Waals surface area contributed by atoms with E-state index in [2.05, 4.69) is 5.32 Å². The zero-order chi connectivity index (χ0) is 14.8. The van der Waals surface area contributed by atoms with Gasteiger partial charge in [0.1, 0.15) is 0 Å². The number of nitrogens with one attached hydrogen (secondary N) is 1. The summed E-state index contributed by atoms with van der Waals surface area (Å²) in [6.45, 7) is 1.95. The second-order valence-electron chi connectivity index (χ2n) is 4.46. The summed E-state index contributed by atoms with van der Waals surface area (Å²) in [7, 11) is -3.70. The van der Waals surface area contributed by atoms with Gasteiger partial charge in [0.05, 0.1) is 4.90 Å². The highest BCUT2D eigenvalue weighted by atomic mass is 35.5. The van der Waals surface area contributed by atoms with Crippen LogP contribution in [-0.4, -0.2) is 8.42 Å². The molecule has 0 aromatic heterocycles. The maximum absolute atomic E-state index is 11.3. The topological polar surface area (TPSA) is 72.2 Å². The first-order chi connectivity index (χ1) is 9.38. The molecule has 6 heteroatoms. The van der Waals surface area contributed by atoms with E-state index in [9.17, 15) is 8.42 Å². The molecular formula is C14H15ClN2O2S. The first-order valence-corrected chi connectivity index (χ1v) is 7.94.